The van der Waals surface area contributed by atoms with Gasteiger partial charge in [-0.3, -0.25) is 14.4 Å². The van der Waals surface area contributed by atoms with Crippen molar-refractivity contribution in [2.24, 2.45) is 0 Å². The van der Waals surface area contributed by atoms with E-state index in [-0.39, 0.29) is 37.5 Å². The molecular formula is C67H112O6. The van der Waals surface area contributed by atoms with E-state index in [1.807, 2.05) is 6.08 Å². The molecule has 0 saturated carbocycles. The maximum Gasteiger partial charge on any atom is 0.306 e. The van der Waals surface area contributed by atoms with Gasteiger partial charge in [0.05, 0.1) is 0 Å². The predicted molar refractivity (Wildman–Crippen MR) is 316 cm³/mol. The summed E-state index contributed by atoms with van der Waals surface area (Å²) in [5.74, 6) is -0.999. The lowest BCUT2D eigenvalue weighted by Crippen LogP contribution is -2.30. The number of carbonyl (C=O) groups is 3. The third-order valence-electron chi connectivity index (χ3n) is 12.7. The average molecular weight is 1010 g/mol. The van der Waals surface area contributed by atoms with Crippen LogP contribution in [0.5, 0.6) is 0 Å². The van der Waals surface area contributed by atoms with Crippen molar-refractivity contribution in [2.75, 3.05) is 13.2 Å². The van der Waals surface area contributed by atoms with Crippen molar-refractivity contribution in [3.05, 3.63) is 109 Å². The Morgan fingerprint density at radius 1 is 0.288 bits per heavy atom. The van der Waals surface area contributed by atoms with Gasteiger partial charge in [-0.25, -0.2) is 0 Å². The molecule has 73 heavy (non-hydrogen) atoms. The van der Waals surface area contributed by atoms with Gasteiger partial charge in [-0.1, -0.05) is 252 Å². The largest absolute Gasteiger partial charge is 0.462 e. The molecule has 0 N–H and O–H groups in total. The number of ether oxygens (including phenoxy) is 3. The van der Waals surface area contributed by atoms with Gasteiger partial charge in [0.1, 0.15) is 13.2 Å². The Morgan fingerprint density at radius 2 is 0.562 bits per heavy atom. The zero-order chi connectivity index (χ0) is 52.9. The molecule has 0 aliphatic heterocycles. The molecule has 0 saturated heterocycles. The van der Waals surface area contributed by atoms with Crippen LogP contribution in [0.15, 0.2) is 109 Å². The van der Waals surface area contributed by atoms with E-state index in [0.29, 0.717) is 19.3 Å². The highest BCUT2D eigenvalue weighted by atomic mass is 16.6. The molecule has 0 aromatic rings. The summed E-state index contributed by atoms with van der Waals surface area (Å²) in [6.07, 6.45) is 82.3. The van der Waals surface area contributed by atoms with Crippen molar-refractivity contribution < 1.29 is 28.6 Å². The summed E-state index contributed by atoms with van der Waals surface area (Å²) in [6.45, 7) is 6.44. The SMILES string of the molecule is CC/C=C\C/C=C\C/C=C\C/C=C\C/C=C\C/C=C\CCC(=O)OCC(COC(=O)CCCCCCCCC/C=C\C/C=C\CCCCC)OC(=O)CCCCCCCCCCC/C=C\CCCCCCCC. The van der Waals surface area contributed by atoms with E-state index < -0.39 is 6.10 Å². The smallest absolute Gasteiger partial charge is 0.306 e. The minimum Gasteiger partial charge on any atom is -0.462 e. The highest BCUT2D eigenvalue weighted by Crippen LogP contribution is 2.15. The van der Waals surface area contributed by atoms with E-state index in [1.165, 1.54) is 141 Å². The number of rotatable bonds is 54. The first-order valence-electron chi connectivity index (χ1n) is 30.4. The van der Waals surface area contributed by atoms with Gasteiger partial charge in [-0.15, -0.1) is 0 Å². The first-order valence-corrected chi connectivity index (χ1v) is 30.4. The number of esters is 3. The first kappa shape index (κ1) is 69.1. The Morgan fingerprint density at radius 3 is 0.959 bits per heavy atom. The molecule has 6 heteroatoms. The highest BCUT2D eigenvalue weighted by molar-refractivity contribution is 5.71. The maximum atomic E-state index is 12.9. The normalized spacial score (nSPS) is 12.9. The molecule has 1 atom stereocenters. The van der Waals surface area contributed by atoms with Crippen LogP contribution in [0.2, 0.25) is 0 Å². The first-order chi connectivity index (χ1) is 36.0. The van der Waals surface area contributed by atoms with E-state index >= 15 is 0 Å². The molecule has 0 aromatic heterocycles. The van der Waals surface area contributed by atoms with Gasteiger partial charge in [0, 0.05) is 19.3 Å². The number of allylic oxidation sites excluding steroid dienone is 18. The van der Waals surface area contributed by atoms with Crippen molar-refractivity contribution in [1.82, 2.24) is 0 Å². The zero-order valence-electron chi connectivity index (χ0n) is 47.6. The fraction of sp³-hybridized carbons (Fsp3) is 0.687. The van der Waals surface area contributed by atoms with Crippen LogP contribution in [0.25, 0.3) is 0 Å². The van der Waals surface area contributed by atoms with Gasteiger partial charge in [-0.05, 0) is 116 Å². The fourth-order valence-corrected chi connectivity index (χ4v) is 8.20. The molecule has 0 radical (unpaired) electrons. The van der Waals surface area contributed by atoms with Crippen molar-refractivity contribution in [2.45, 2.75) is 284 Å². The average Bonchev–Trinajstić information content (AvgIpc) is 3.39. The summed E-state index contributed by atoms with van der Waals surface area (Å²) in [7, 11) is 0. The van der Waals surface area contributed by atoms with Gasteiger partial charge in [0.25, 0.3) is 0 Å². The summed E-state index contributed by atoms with van der Waals surface area (Å²) in [5.41, 5.74) is 0. The van der Waals surface area contributed by atoms with E-state index in [4.69, 9.17) is 14.2 Å². The van der Waals surface area contributed by atoms with Crippen molar-refractivity contribution in [1.29, 1.82) is 0 Å². The predicted octanol–water partition coefficient (Wildman–Crippen LogP) is 20.7. The monoisotopic (exact) mass is 1010 g/mol. The molecule has 1 unspecified atom stereocenters. The van der Waals surface area contributed by atoms with Gasteiger partial charge >= 0.3 is 17.9 Å². The molecule has 0 spiro atoms. The lowest BCUT2D eigenvalue weighted by atomic mass is 10.1. The second-order valence-electron chi connectivity index (χ2n) is 19.9. The molecular weight excluding hydrogens is 901 g/mol. The van der Waals surface area contributed by atoms with Crippen molar-refractivity contribution in [3.8, 4) is 0 Å². The Labute approximate surface area is 450 Å². The quantitative estimate of drug-likeness (QED) is 0.0261. The van der Waals surface area contributed by atoms with Crippen LogP contribution in [0.3, 0.4) is 0 Å². The highest BCUT2D eigenvalue weighted by Gasteiger charge is 2.19. The summed E-state index contributed by atoms with van der Waals surface area (Å²) in [4.78, 5) is 38.2. The minimum atomic E-state index is -0.816. The van der Waals surface area contributed by atoms with Crippen LogP contribution in [-0.2, 0) is 28.6 Å². The van der Waals surface area contributed by atoms with Gasteiger partial charge in [-0.2, -0.15) is 0 Å². The Balaban J connectivity index is 4.51. The van der Waals surface area contributed by atoms with E-state index in [2.05, 4.69) is 124 Å². The van der Waals surface area contributed by atoms with E-state index in [0.717, 1.165) is 89.9 Å². The van der Waals surface area contributed by atoms with Crippen molar-refractivity contribution in [3.63, 3.8) is 0 Å². The molecule has 0 aromatic carbocycles. The molecule has 416 valence electrons. The maximum absolute atomic E-state index is 12.9. The van der Waals surface area contributed by atoms with Gasteiger partial charge in [0.2, 0.25) is 0 Å². The van der Waals surface area contributed by atoms with Crippen LogP contribution < -0.4 is 0 Å². The topological polar surface area (TPSA) is 78.9 Å². The molecule has 0 rings (SSSR count). The minimum absolute atomic E-state index is 0.107. The van der Waals surface area contributed by atoms with Crippen LogP contribution >= 0.6 is 0 Å². The van der Waals surface area contributed by atoms with Crippen LogP contribution in [0.1, 0.15) is 278 Å². The molecule has 0 aliphatic carbocycles. The van der Waals surface area contributed by atoms with E-state index in [1.54, 1.807) is 0 Å². The Bertz CT molecular complexity index is 1490. The molecule has 0 fully saturated rings. The lowest BCUT2D eigenvalue weighted by molar-refractivity contribution is -0.166. The standard InChI is InChI=1S/C67H112O6/c1-4-7-10-13-16-19-22-25-28-31-33-36-39-42-45-48-51-54-57-60-66(69)72-63-64(62-71-65(68)59-56-53-50-47-44-41-38-35-30-27-24-21-18-15-12-9-6-3)73-67(70)61-58-55-52-49-46-43-40-37-34-32-29-26-23-20-17-14-11-8-5-2/h7,10,16,18-19,21,25-30,33,36,42,45,51,54,64H,4-6,8-9,11-15,17,20,22-24,31-32,34-35,37-41,43-44,46-50,52-53,55-63H2,1-3H3/b10-7-,19-16-,21-18-,28-25-,29-26-,30-27-,36-33-,45-42-,54-51-. The summed E-state index contributed by atoms with van der Waals surface area (Å²) >= 11 is 0. The van der Waals surface area contributed by atoms with Crippen molar-refractivity contribution >= 4 is 17.9 Å². The Hall–Kier alpha value is -3.93. The third-order valence-corrected chi connectivity index (χ3v) is 12.7. The van der Waals surface area contributed by atoms with Gasteiger partial charge in [0.15, 0.2) is 6.10 Å². The molecule has 0 aliphatic rings. The van der Waals surface area contributed by atoms with Crippen LogP contribution in [-0.4, -0.2) is 37.2 Å². The summed E-state index contributed by atoms with van der Waals surface area (Å²) in [5, 5.41) is 0. The second kappa shape index (κ2) is 60.6. The number of carbonyl (C=O) groups excluding carboxylic acids is 3. The molecule has 6 nitrogen and oxygen atoms in total. The lowest BCUT2D eigenvalue weighted by Gasteiger charge is -2.18. The fourth-order valence-electron chi connectivity index (χ4n) is 8.20. The number of hydrogen-bond acceptors (Lipinski definition) is 6. The zero-order valence-corrected chi connectivity index (χ0v) is 47.6. The Kier molecular flexibility index (Phi) is 57.4. The van der Waals surface area contributed by atoms with E-state index in [9.17, 15) is 14.4 Å². The summed E-state index contributed by atoms with van der Waals surface area (Å²) in [6, 6.07) is 0. The van der Waals surface area contributed by atoms with Crippen LogP contribution in [0.4, 0.5) is 0 Å². The molecule has 0 bridgehead atoms. The summed E-state index contributed by atoms with van der Waals surface area (Å²) < 4.78 is 16.8. The van der Waals surface area contributed by atoms with Crippen LogP contribution in [0, 0.1) is 0 Å². The van der Waals surface area contributed by atoms with Gasteiger partial charge < -0.3 is 14.2 Å². The molecule has 0 heterocycles. The number of hydrogen-bond donors (Lipinski definition) is 0. The third kappa shape index (κ3) is 58.8. The second-order valence-corrected chi connectivity index (χ2v) is 19.9. The number of unbranched alkanes of at least 4 members (excludes halogenated alkanes) is 25. The molecule has 0 amide bonds.